The first-order chi connectivity index (χ1) is 13.5. The number of benzene rings is 1. The van der Waals surface area contributed by atoms with Crippen molar-refractivity contribution in [1.82, 2.24) is 24.8 Å². The molecule has 142 valence electrons. The summed E-state index contributed by atoms with van der Waals surface area (Å²) in [7, 11) is 0. The minimum absolute atomic E-state index is 0.00990. The van der Waals surface area contributed by atoms with Crippen LogP contribution in [0.5, 0.6) is 0 Å². The van der Waals surface area contributed by atoms with E-state index in [0.29, 0.717) is 35.0 Å². The Morgan fingerprint density at radius 1 is 1.25 bits per heavy atom. The molecule has 1 N–H and O–H groups in total. The Labute approximate surface area is 164 Å². The molecule has 28 heavy (non-hydrogen) atoms. The van der Waals surface area contributed by atoms with Gasteiger partial charge in [0.15, 0.2) is 5.16 Å². The quantitative estimate of drug-likeness (QED) is 0.534. The number of hydrogen-bond donors (Lipinski definition) is 1. The molecule has 1 aromatic carbocycles. The first-order valence-electron chi connectivity index (χ1n) is 8.70. The normalized spacial score (nSPS) is 13.8. The van der Waals surface area contributed by atoms with E-state index in [1.807, 2.05) is 13.0 Å². The molecular weight excluding hydrogens is 378 g/mol. The lowest BCUT2D eigenvalue weighted by molar-refractivity contribution is -0.124. The number of amides is 3. The van der Waals surface area contributed by atoms with Gasteiger partial charge in [0.05, 0.1) is 16.7 Å². The first kappa shape index (κ1) is 18.2. The molecule has 1 aliphatic rings. The van der Waals surface area contributed by atoms with Crippen molar-refractivity contribution < 1.29 is 9.59 Å². The highest BCUT2D eigenvalue weighted by atomic mass is 32.2. The van der Waals surface area contributed by atoms with Gasteiger partial charge in [-0.3, -0.25) is 14.5 Å². The highest BCUT2D eigenvalue weighted by Gasteiger charge is 2.26. The molecular formula is C19H17N5O3S. The molecule has 3 aromatic rings. The zero-order valence-corrected chi connectivity index (χ0v) is 15.9. The molecule has 0 atom stereocenters. The summed E-state index contributed by atoms with van der Waals surface area (Å²) in [6, 6.07) is 10.3. The smallest absolute Gasteiger partial charge is 0.324 e. The number of rotatable bonds is 4. The molecule has 4 rings (SSSR count). The van der Waals surface area contributed by atoms with Gasteiger partial charge in [0.25, 0.3) is 5.56 Å². The number of aryl methyl sites for hydroxylation is 1. The van der Waals surface area contributed by atoms with Crippen LogP contribution in [0.1, 0.15) is 5.56 Å². The Balaban J connectivity index is 1.75. The molecule has 3 heterocycles. The molecule has 0 bridgehead atoms. The fraction of sp³-hybridized carbons (Fsp3) is 0.211. The number of carbonyl (C=O) groups excluding carboxylic acids is 2. The average Bonchev–Trinajstić information content (AvgIpc) is 3.12. The summed E-state index contributed by atoms with van der Waals surface area (Å²) in [6.45, 7) is 2.70. The van der Waals surface area contributed by atoms with E-state index in [2.05, 4.69) is 15.3 Å². The van der Waals surface area contributed by atoms with Crippen LogP contribution in [0.4, 0.5) is 4.79 Å². The van der Waals surface area contributed by atoms with Crippen LogP contribution in [0, 0.1) is 6.92 Å². The van der Waals surface area contributed by atoms with Gasteiger partial charge in [0.1, 0.15) is 5.82 Å². The average molecular weight is 395 g/mol. The minimum Gasteiger partial charge on any atom is -0.336 e. The molecule has 0 spiro atoms. The van der Waals surface area contributed by atoms with Crippen molar-refractivity contribution in [3.8, 4) is 5.82 Å². The molecule has 9 heteroatoms. The Kier molecular flexibility index (Phi) is 4.82. The van der Waals surface area contributed by atoms with Crippen molar-refractivity contribution in [2.75, 3.05) is 18.8 Å². The van der Waals surface area contributed by atoms with E-state index in [0.717, 1.165) is 17.3 Å². The Hall–Kier alpha value is -3.20. The second kappa shape index (κ2) is 7.43. The van der Waals surface area contributed by atoms with Gasteiger partial charge in [-0.2, -0.15) is 0 Å². The molecule has 0 unspecified atom stereocenters. The van der Waals surface area contributed by atoms with Gasteiger partial charge in [0.2, 0.25) is 5.91 Å². The molecule has 1 aliphatic heterocycles. The topological polar surface area (TPSA) is 97.2 Å². The monoisotopic (exact) mass is 395 g/mol. The predicted molar refractivity (Wildman–Crippen MR) is 106 cm³/mol. The van der Waals surface area contributed by atoms with Crippen LogP contribution in [0.25, 0.3) is 16.7 Å². The SMILES string of the molecule is Cc1ccnc(-n2c(SCC(=O)N3CCNC3=O)nc3ccccc3c2=O)c1. The number of nitrogens with one attached hydrogen (secondary N) is 1. The second-order valence-electron chi connectivity index (χ2n) is 6.31. The lowest BCUT2D eigenvalue weighted by atomic mass is 10.2. The summed E-state index contributed by atoms with van der Waals surface area (Å²) in [5.41, 5.74) is 1.24. The number of thioether (sulfide) groups is 1. The van der Waals surface area contributed by atoms with E-state index in [9.17, 15) is 14.4 Å². The van der Waals surface area contributed by atoms with Crippen molar-refractivity contribution in [3.05, 3.63) is 58.5 Å². The van der Waals surface area contributed by atoms with Crippen LogP contribution in [-0.4, -0.2) is 50.2 Å². The van der Waals surface area contributed by atoms with E-state index in [-0.39, 0.29) is 17.2 Å². The zero-order valence-electron chi connectivity index (χ0n) is 15.1. The number of pyridine rings is 1. The van der Waals surface area contributed by atoms with Crippen molar-refractivity contribution in [2.24, 2.45) is 0 Å². The Morgan fingerprint density at radius 3 is 2.82 bits per heavy atom. The predicted octanol–water partition coefficient (Wildman–Crippen LogP) is 1.73. The number of urea groups is 1. The highest BCUT2D eigenvalue weighted by Crippen LogP contribution is 2.21. The number of para-hydroxylation sites is 1. The van der Waals surface area contributed by atoms with Gasteiger partial charge >= 0.3 is 6.03 Å². The fourth-order valence-electron chi connectivity index (χ4n) is 2.97. The molecule has 0 radical (unpaired) electrons. The fourth-order valence-corrected chi connectivity index (χ4v) is 3.84. The minimum atomic E-state index is -0.394. The third kappa shape index (κ3) is 3.36. The number of aromatic nitrogens is 3. The van der Waals surface area contributed by atoms with Crippen molar-refractivity contribution in [3.63, 3.8) is 0 Å². The summed E-state index contributed by atoms with van der Waals surface area (Å²) in [5.74, 6) is 0.104. The standard InChI is InChI=1S/C19H17N5O3S/c1-12-6-7-20-15(10-12)24-17(26)13-4-2-3-5-14(13)22-19(24)28-11-16(25)23-9-8-21-18(23)27/h2-7,10H,8-9,11H2,1H3,(H,21,27). The third-order valence-corrected chi connectivity index (χ3v) is 5.28. The maximum absolute atomic E-state index is 13.1. The zero-order chi connectivity index (χ0) is 19.7. The van der Waals surface area contributed by atoms with Gasteiger partial charge in [-0.25, -0.2) is 19.3 Å². The van der Waals surface area contributed by atoms with E-state index in [1.54, 1.807) is 36.5 Å². The number of fused-ring (bicyclic) bond motifs is 1. The highest BCUT2D eigenvalue weighted by molar-refractivity contribution is 7.99. The second-order valence-corrected chi connectivity index (χ2v) is 7.25. The van der Waals surface area contributed by atoms with Crippen LogP contribution >= 0.6 is 11.8 Å². The van der Waals surface area contributed by atoms with E-state index in [1.165, 1.54) is 9.47 Å². The number of carbonyl (C=O) groups is 2. The summed E-state index contributed by atoms with van der Waals surface area (Å²) >= 11 is 1.11. The molecule has 2 aromatic heterocycles. The van der Waals surface area contributed by atoms with Gasteiger partial charge in [-0.1, -0.05) is 23.9 Å². The number of nitrogens with zero attached hydrogens (tertiary/aromatic N) is 4. The van der Waals surface area contributed by atoms with Crippen molar-refractivity contribution in [1.29, 1.82) is 0 Å². The van der Waals surface area contributed by atoms with Crippen LogP contribution in [0.15, 0.2) is 52.5 Å². The van der Waals surface area contributed by atoms with Crippen LogP contribution in [0.2, 0.25) is 0 Å². The van der Waals surface area contributed by atoms with Gasteiger partial charge in [-0.15, -0.1) is 0 Å². The van der Waals surface area contributed by atoms with Gasteiger partial charge in [-0.05, 0) is 36.8 Å². The number of hydrogen-bond acceptors (Lipinski definition) is 6. The molecule has 3 amide bonds. The van der Waals surface area contributed by atoms with E-state index in [4.69, 9.17) is 0 Å². The van der Waals surface area contributed by atoms with Gasteiger partial charge in [0, 0.05) is 19.3 Å². The summed E-state index contributed by atoms with van der Waals surface area (Å²) < 4.78 is 1.41. The molecule has 0 saturated carbocycles. The first-order valence-corrected chi connectivity index (χ1v) is 9.69. The van der Waals surface area contributed by atoms with Crippen LogP contribution in [-0.2, 0) is 4.79 Å². The summed E-state index contributed by atoms with van der Waals surface area (Å²) in [4.78, 5) is 47.3. The molecule has 1 fully saturated rings. The van der Waals surface area contributed by atoms with Crippen LogP contribution in [0.3, 0.4) is 0 Å². The third-order valence-electron chi connectivity index (χ3n) is 4.36. The Morgan fingerprint density at radius 2 is 2.07 bits per heavy atom. The van der Waals surface area contributed by atoms with E-state index < -0.39 is 6.03 Å². The number of imide groups is 1. The maximum atomic E-state index is 13.1. The largest absolute Gasteiger partial charge is 0.336 e. The molecule has 0 aliphatic carbocycles. The van der Waals surface area contributed by atoms with Crippen LogP contribution < -0.4 is 10.9 Å². The lowest BCUT2D eigenvalue weighted by Gasteiger charge is -2.14. The summed E-state index contributed by atoms with van der Waals surface area (Å²) in [5, 5.41) is 3.43. The summed E-state index contributed by atoms with van der Waals surface area (Å²) in [6.07, 6.45) is 1.63. The molecule has 8 nitrogen and oxygen atoms in total. The van der Waals surface area contributed by atoms with Crippen molar-refractivity contribution >= 4 is 34.6 Å². The van der Waals surface area contributed by atoms with Crippen molar-refractivity contribution in [2.45, 2.75) is 12.1 Å². The van der Waals surface area contributed by atoms with Gasteiger partial charge < -0.3 is 5.32 Å². The lowest BCUT2D eigenvalue weighted by Crippen LogP contribution is -2.35. The Bertz CT molecular complexity index is 1140. The van der Waals surface area contributed by atoms with E-state index >= 15 is 0 Å². The maximum Gasteiger partial charge on any atom is 0.324 e. The molecule has 1 saturated heterocycles.